The van der Waals surface area contributed by atoms with Crippen molar-refractivity contribution in [3.63, 3.8) is 0 Å². The van der Waals surface area contributed by atoms with E-state index in [9.17, 15) is 5.11 Å². The molecule has 2 aliphatic rings. The first-order valence-electron chi connectivity index (χ1n) is 9.54. The Balaban J connectivity index is 1.59. The van der Waals surface area contributed by atoms with Gasteiger partial charge in [0.2, 0.25) is 6.79 Å². The first kappa shape index (κ1) is 17.0. The summed E-state index contributed by atoms with van der Waals surface area (Å²) < 4.78 is 11.0. The molecule has 0 bridgehead atoms. The summed E-state index contributed by atoms with van der Waals surface area (Å²) in [5.74, 6) is 3.07. The van der Waals surface area contributed by atoms with Gasteiger partial charge in [0, 0.05) is 30.3 Å². The third-order valence-corrected chi connectivity index (χ3v) is 5.20. The van der Waals surface area contributed by atoms with Crippen LogP contribution in [0.3, 0.4) is 0 Å². The fraction of sp³-hybridized carbons (Fsp3) is 0.273. The number of hydrogen-bond donors (Lipinski definition) is 1. The average Bonchev–Trinajstić information content (AvgIpc) is 3.22. The number of anilines is 1. The van der Waals surface area contributed by atoms with E-state index in [1.54, 1.807) is 0 Å². The highest BCUT2D eigenvalue weighted by molar-refractivity contribution is 5.70. The number of aliphatic hydroxyl groups excluding tert-OH is 1. The van der Waals surface area contributed by atoms with E-state index in [1.165, 1.54) is 0 Å². The van der Waals surface area contributed by atoms with Gasteiger partial charge in [-0.1, -0.05) is 30.3 Å². The third-order valence-electron chi connectivity index (χ3n) is 5.20. The Bertz CT molecular complexity index is 986. The van der Waals surface area contributed by atoms with Gasteiger partial charge in [0.25, 0.3) is 0 Å². The molecule has 0 radical (unpaired) electrons. The molecule has 0 unspecified atom stereocenters. The van der Waals surface area contributed by atoms with Crippen molar-refractivity contribution in [2.45, 2.75) is 18.9 Å². The van der Waals surface area contributed by atoms with Crippen LogP contribution in [0.2, 0.25) is 0 Å². The highest BCUT2D eigenvalue weighted by atomic mass is 16.7. The number of aromatic nitrogens is 2. The summed E-state index contributed by atoms with van der Waals surface area (Å²) in [6.07, 6.45) is 1.29. The molecule has 6 nitrogen and oxygen atoms in total. The number of ether oxygens (including phenoxy) is 2. The van der Waals surface area contributed by atoms with E-state index in [0.29, 0.717) is 5.82 Å². The Morgan fingerprint density at radius 3 is 2.46 bits per heavy atom. The largest absolute Gasteiger partial charge is 0.454 e. The maximum Gasteiger partial charge on any atom is 0.231 e. The standard InChI is InChI=1S/C22H21N3O3/c26-17-8-10-25(11-9-17)21-13-18(16-6-7-19-20(12-16)28-14-27-19)23-22(24-21)15-4-2-1-3-5-15/h1-7,12-13,17,26H,8-11,14H2. The zero-order valence-corrected chi connectivity index (χ0v) is 15.4. The highest BCUT2D eigenvalue weighted by Crippen LogP contribution is 2.36. The van der Waals surface area contributed by atoms with Crippen molar-refractivity contribution in [3.8, 4) is 34.1 Å². The van der Waals surface area contributed by atoms with Gasteiger partial charge in [-0.3, -0.25) is 0 Å². The molecular formula is C22H21N3O3. The molecule has 3 aromatic rings. The molecule has 142 valence electrons. The summed E-state index contributed by atoms with van der Waals surface area (Å²) in [5.41, 5.74) is 2.78. The SMILES string of the molecule is OC1CCN(c2cc(-c3ccc4c(c3)OCO4)nc(-c3ccccc3)n2)CC1. The number of fused-ring (bicyclic) bond motifs is 1. The maximum absolute atomic E-state index is 9.84. The van der Waals surface area contributed by atoms with Crippen LogP contribution in [0.1, 0.15) is 12.8 Å². The smallest absolute Gasteiger partial charge is 0.231 e. The lowest BCUT2D eigenvalue weighted by molar-refractivity contribution is 0.145. The van der Waals surface area contributed by atoms with E-state index >= 15 is 0 Å². The first-order valence-corrected chi connectivity index (χ1v) is 9.54. The van der Waals surface area contributed by atoms with Crippen LogP contribution in [0, 0.1) is 0 Å². The van der Waals surface area contributed by atoms with Crippen LogP contribution in [0.15, 0.2) is 54.6 Å². The predicted molar refractivity (Wildman–Crippen MR) is 106 cm³/mol. The maximum atomic E-state index is 9.84. The van der Waals surface area contributed by atoms with Crippen LogP contribution in [0.4, 0.5) is 5.82 Å². The van der Waals surface area contributed by atoms with Gasteiger partial charge in [0.15, 0.2) is 17.3 Å². The topological polar surface area (TPSA) is 67.7 Å². The minimum Gasteiger partial charge on any atom is -0.454 e. The molecule has 1 N–H and O–H groups in total. The fourth-order valence-corrected chi connectivity index (χ4v) is 3.61. The van der Waals surface area contributed by atoms with Gasteiger partial charge in [-0.15, -0.1) is 0 Å². The normalized spacial score (nSPS) is 16.4. The summed E-state index contributed by atoms with van der Waals surface area (Å²) in [5, 5.41) is 9.84. The van der Waals surface area contributed by atoms with Crippen LogP contribution >= 0.6 is 0 Å². The van der Waals surface area contributed by atoms with E-state index in [0.717, 1.165) is 60.1 Å². The quantitative estimate of drug-likeness (QED) is 0.756. The molecule has 3 heterocycles. The summed E-state index contributed by atoms with van der Waals surface area (Å²) in [6, 6.07) is 17.9. The minimum atomic E-state index is -0.222. The zero-order chi connectivity index (χ0) is 18.9. The van der Waals surface area contributed by atoms with E-state index in [1.807, 2.05) is 54.6 Å². The van der Waals surface area contributed by atoms with E-state index in [-0.39, 0.29) is 12.9 Å². The van der Waals surface area contributed by atoms with Crippen molar-refractivity contribution in [1.82, 2.24) is 9.97 Å². The van der Waals surface area contributed by atoms with Crippen molar-refractivity contribution in [3.05, 3.63) is 54.6 Å². The Morgan fingerprint density at radius 2 is 1.64 bits per heavy atom. The summed E-state index contributed by atoms with van der Waals surface area (Å²) in [6.45, 7) is 1.82. The molecule has 1 fully saturated rings. The molecule has 0 spiro atoms. The number of nitrogens with zero attached hydrogens (tertiary/aromatic N) is 3. The molecule has 1 aromatic heterocycles. The van der Waals surface area contributed by atoms with Crippen molar-refractivity contribution in [2.24, 2.45) is 0 Å². The van der Waals surface area contributed by atoms with E-state index < -0.39 is 0 Å². The van der Waals surface area contributed by atoms with Crippen LogP contribution in [0.25, 0.3) is 22.6 Å². The van der Waals surface area contributed by atoms with Gasteiger partial charge in [-0.25, -0.2) is 9.97 Å². The monoisotopic (exact) mass is 375 g/mol. The lowest BCUT2D eigenvalue weighted by atomic mass is 10.1. The third kappa shape index (κ3) is 3.27. The van der Waals surface area contributed by atoms with Crippen LogP contribution in [-0.2, 0) is 0 Å². The average molecular weight is 375 g/mol. The number of benzene rings is 2. The first-order chi connectivity index (χ1) is 13.8. The van der Waals surface area contributed by atoms with Crippen molar-refractivity contribution in [2.75, 3.05) is 24.8 Å². The molecule has 0 amide bonds. The summed E-state index contributed by atoms with van der Waals surface area (Å²) >= 11 is 0. The zero-order valence-electron chi connectivity index (χ0n) is 15.4. The second-order valence-corrected chi connectivity index (χ2v) is 7.09. The molecule has 0 saturated carbocycles. The molecule has 6 heteroatoms. The fourth-order valence-electron chi connectivity index (χ4n) is 3.61. The van der Waals surface area contributed by atoms with Crippen molar-refractivity contribution < 1.29 is 14.6 Å². The van der Waals surface area contributed by atoms with Crippen molar-refractivity contribution >= 4 is 5.82 Å². The lowest BCUT2D eigenvalue weighted by Crippen LogP contribution is -2.36. The predicted octanol–water partition coefficient (Wildman–Crippen LogP) is 3.50. The molecule has 0 atom stereocenters. The number of hydrogen-bond acceptors (Lipinski definition) is 6. The number of piperidine rings is 1. The lowest BCUT2D eigenvalue weighted by Gasteiger charge is -2.31. The Morgan fingerprint density at radius 1 is 0.857 bits per heavy atom. The number of aliphatic hydroxyl groups is 1. The van der Waals surface area contributed by atoms with Gasteiger partial charge >= 0.3 is 0 Å². The minimum absolute atomic E-state index is 0.222. The second kappa shape index (κ2) is 7.13. The Labute approximate surface area is 163 Å². The molecule has 1 saturated heterocycles. The van der Waals surface area contributed by atoms with Crippen LogP contribution < -0.4 is 14.4 Å². The highest BCUT2D eigenvalue weighted by Gasteiger charge is 2.21. The molecular weight excluding hydrogens is 354 g/mol. The summed E-state index contributed by atoms with van der Waals surface area (Å²) in [7, 11) is 0. The van der Waals surface area contributed by atoms with Crippen LogP contribution in [-0.4, -0.2) is 41.1 Å². The van der Waals surface area contributed by atoms with E-state index in [4.69, 9.17) is 19.4 Å². The van der Waals surface area contributed by atoms with Gasteiger partial charge in [-0.05, 0) is 31.0 Å². The van der Waals surface area contributed by atoms with E-state index in [2.05, 4.69) is 4.90 Å². The van der Waals surface area contributed by atoms with Gasteiger partial charge in [0.1, 0.15) is 5.82 Å². The Kier molecular flexibility index (Phi) is 4.33. The van der Waals surface area contributed by atoms with Gasteiger partial charge in [-0.2, -0.15) is 0 Å². The van der Waals surface area contributed by atoms with Crippen molar-refractivity contribution in [1.29, 1.82) is 0 Å². The molecule has 28 heavy (non-hydrogen) atoms. The Hall–Kier alpha value is -3.12. The molecule has 2 aliphatic heterocycles. The molecule has 0 aliphatic carbocycles. The van der Waals surface area contributed by atoms with Gasteiger partial charge in [0.05, 0.1) is 11.8 Å². The summed E-state index contributed by atoms with van der Waals surface area (Å²) in [4.78, 5) is 11.9. The second-order valence-electron chi connectivity index (χ2n) is 7.09. The van der Waals surface area contributed by atoms with Gasteiger partial charge < -0.3 is 19.5 Å². The van der Waals surface area contributed by atoms with Crippen LogP contribution in [0.5, 0.6) is 11.5 Å². The molecule has 5 rings (SSSR count). The number of rotatable bonds is 3. The molecule has 2 aromatic carbocycles.